The van der Waals surface area contributed by atoms with Crippen molar-refractivity contribution in [2.75, 3.05) is 12.4 Å². The van der Waals surface area contributed by atoms with Crippen molar-refractivity contribution in [2.24, 2.45) is 0 Å². The fraction of sp³-hybridized carbons (Fsp3) is 0.375. The Morgan fingerprint density at radius 1 is 1.00 bits per heavy atom. The molecule has 100 valence electrons. The first kappa shape index (κ1) is 13.5. The summed E-state index contributed by atoms with van der Waals surface area (Å²) in [5.74, 6) is 1.85. The molecule has 0 aliphatic rings. The number of nitrogens with one attached hydrogen (secondary N) is 1. The number of benzene rings is 1. The van der Waals surface area contributed by atoms with E-state index < -0.39 is 0 Å². The molecule has 1 heterocycles. The van der Waals surface area contributed by atoms with E-state index in [0.29, 0.717) is 0 Å². The van der Waals surface area contributed by atoms with Crippen LogP contribution in [-0.2, 0) is 19.3 Å². The van der Waals surface area contributed by atoms with Crippen molar-refractivity contribution in [3.63, 3.8) is 0 Å². The van der Waals surface area contributed by atoms with Crippen molar-refractivity contribution >= 4 is 5.82 Å². The van der Waals surface area contributed by atoms with Crippen molar-refractivity contribution in [1.29, 1.82) is 0 Å². The second-order valence-electron chi connectivity index (χ2n) is 4.65. The first-order valence-electron chi connectivity index (χ1n) is 6.90. The first-order chi connectivity index (χ1) is 9.31. The van der Waals surface area contributed by atoms with Gasteiger partial charge in [-0.05, 0) is 18.4 Å². The number of hydrogen-bond acceptors (Lipinski definition) is 3. The third-order valence-electron chi connectivity index (χ3n) is 3.07. The van der Waals surface area contributed by atoms with E-state index in [-0.39, 0.29) is 0 Å². The van der Waals surface area contributed by atoms with E-state index in [1.165, 1.54) is 5.56 Å². The molecule has 2 aromatic rings. The van der Waals surface area contributed by atoms with Crippen molar-refractivity contribution in [3.8, 4) is 0 Å². The van der Waals surface area contributed by atoms with Gasteiger partial charge in [-0.15, -0.1) is 0 Å². The lowest BCUT2D eigenvalue weighted by molar-refractivity contribution is 0.807. The number of rotatable bonds is 6. The van der Waals surface area contributed by atoms with E-state index >= 15 is 0 Å². The highest BCUT2D eigenvalue weighted by Crippen LogP contribution is 2.10. The fourth-order valence-corrected chi connectivity index (χ4v) is 2.08. The topological polar surface area (TPSA) is 37.8 Å². The molecule has 0 fully saturated rings. The van der Waals surface area contributed by atoms with Crippen LogP contribution < -0.4 is 5.32 Å². The van der Waals surface area contributed by atoms with Crippen LogP contribution in [0.2, 0.25) is 0 Å². The standard InChI is InChI=1S/C16H21N3/c1-3-7-14-12-16(17-2)19-15(18-14)11-10-13-8-5-4-6-9-13/h4-6,8-9,12H,3,7,10-11H2,1-2H3,(H,17,18,19). The Balaban J connectivity index is 2.08. The van der Waals surface area contributed by atoms with Crippen LogP contribution in [0.5, 0.6) is 0 Å². The zero-order chi connectivity index (χ0) is 13.5. The smallest absolute Gasteiger partial charge is 0.131 e. The minimum Gasteiger partial charge on any atom is -0.373 e. The second kappa shape index (κ2) is 6.88. The number of hydrogen-bond donors (Lipinski definition) is 1. The molecule has 1 aromatic heterocycles. The Morgan fingerprint density at radius 2 is 1.79 bits per heavy atom. The van der Waals surface area contributed by atoms with Crippen molar-refractivity contribution in [1.82, 2.24) is 9.97 Å². The Bertz CT molecular complexity index is 509. The largest absolute Gasteiger partial charge is 0.373 e. The van der Waals surface area contributed by atoms with Gasteiger partial charge in [0.15, 0.2) is 0 Å². The summed E-state index contributed by atoms with van der Waals surface area (Å²) in [6, 6.07) is 12.5. The van der Waals surface area contributed by atoms with Crippen molar-refractivity contribution in [2.45, 2.75) is 32.6 Å². The van der Waals surface area contributed by atoms with Gasteiger partial charge in [0.05, 0.1) is 0 Å². The number of aromatic nitrogens is 2. The maximum atomic E-state index is 4.64. The predicted molar refractivity (Wildman–Crippen MR) is 79.4 cm³/mol. The van der Waals surface area contributed by atoms with Crippen LogP contribution in [0.4, 0.5) is 5.82 Å². The Kier molecular flexibility index (Phi) is 4.90. The third kappa shape index (κ3) is 4.05. The van der Waals surface area contributed by atoms with Crippen LogP contribution in [0.25, 0.3) is 0 Å². The number of nitrogens with zero attached hydrogens (tertiary/aromatic N) is 2. The summed E-state index contributed by atoms with van der Waals surface area (Å²) in [5.41, 5.74) is 2.46. The minimum atomic E-state index is 0.885. The number of aryl methyl sites for hydroxylation is 3. The van der Waals surface area contributed by atoms with Gasteiger partial charge >= 0.3 is 0 Å². The monoisotopic (exact) mass is 255 g/mol. The van der Waals surface area contributed by atoms with Gasteiger partial charge in [0, 0.05) is 25.2 Å². The quantitative estimate of drug-likeness (QED) is 0.861. The van der Waals surface area contributed by atoms with Gasteiger partial charge in [0.1, 0.15) is 11.6 Å². The van der Waals surface area contributed by atoms with Gasteiger partial charge < -0.3 is 5.32 Å². The third-order valence-corrected chi connectivity index (χ3v) is 3.07. The number of anilines is 1. The maximum Gasteiger partial charge on any atom is 0.131 e. The van der Waals surface area contributed by atoms with Crippen LogP contribution in [0.15, 0.2) is 36.4 Å². The van der Waals surface area contributed by atoms with Gasteiger partial charge in [-0.1, -0.05) is 43.7 Å². The molecule has 3 nitrogen and oxygen atoms in total. The van der Waals surface area contributed by atoms with Crippen LogP contribution >= 0.6 is 0 Å². The molecule has 0 amide bonds. The van der Waals surface area contributed by atoms with Crippen LogP contribution in [0.1, 0.15) is 30.4 Å². The molecule has 0 unspecified atom stereocenters. The van der Waals surface area contributed by atoms with E-state index in [0.717, 1.165) is 43.0 Å². The van der Waals surface area contributed by atoms with Gasteiger partial charge in [0.25, 0.3) is 0 Å². The molecule has 0 saturated carbocycles. The van der Waals surface area contributed by atoms with E-state index in [9.17, 15) is 0 Å². The van der Waals surface area contributed by atoms with Crippen LogP contribution in [0, 0.1) is 0 Å². The molecular weight excluding hydrogens is 234 g/mol. The summed E-state index contributed by atoms with van der Waals surface area (Å²) >= 11 is 0. The van der Waals surface area contributed by atoms with E-state index in [4.69, 9.17) is 0 Å². The molecule has 19 heavy (non-hydrogen) atoms. The molecule has 0 aliphatic heterocycles. The maximum absolute atomic E-state index is 4.64. The summed E-state index contributed by atoms with van der Waals surface area (Å²) in [7, 11) is 1.90. The summed E-state index contributed by atoms with van der Waals surface area (Å²) in [6.07, 6.45) is 3.99. The molecule has 1 N–H and O–H groups in total. The molecule has 0 atom stereocenters. The lowest BCUT2D eigenvalue weighted by Gasteiger charge is -2.07. The van der Waals surface area contributed by atoms with E-state index in [1.807, 2.05) is 19.2 Å². The Labute approximate surface area is 115 Å². The van der Waals surface area contributed by atoms with Gasteiger partial charge in [-0.2, -0.15) is 0 Å². The van der Waals surface area contributed by atoms with E-state index in [1.54, 1.807) is 0 Å². The summed E-state index contributed by atoms with van der Waals surface area (Å²) in [5, 5.41) is 3.11. The molecule has 3 heteroatoms. The molecular formula is C16H21N3. The normalized spacial score (nSPS) is 10.4. The molecule has 2 rings (SSSR count). The molecule has 0 radical (unpaired) electrons. The van der Waals surface area contributed by atoms with Crippen molar-refractivity contribution in [3.05, 3.63) is 53.5 Å². The van der Waals surface area contributed by atoms with Crippen molar-refractivity contribution < 1.29 is 0 Å². The average molecular weight is 255 g/mol. The SMILES string of the molecule is CCCc1cc(NC)nc(CCc2ccccc2)n1. The molecule has 0 aliphatic carbocycles. The molecule has 0 saturated heterocycles. The Hall–Kier alpha value is -1.90. The highest BCUT2D eigenvalue weighted by atomic mass is 15.0. The van der Waals surface area contributed by atoms with Gasteiger partial charge in [-0.25, -0.2) is 9.97 Å². The zero-order valence-corrected chi connectivity index (χ0v) is 11.7. The molecule has 0 bridgehead atoms. The Morgan fingerprint density at radius 3 is 2.47 bits per heavy atom. The lowest BCUT2D eigenvalue weighted by Crippen LogP contribution is -2.05. The van der Waals surface area contributed by atoms with Gasteiger partial charge in [-0.3, -0.25) is 0 Å². The minimum absolute atomic E-state index is 0.885. The second-order valence-corrected chi connectivity index (χ2v) is 4.65. The van der Waals surface area contributed by atoms with Crippen LogP contribution in [0.3, 0.4) is 0 Å². The highest BCUT2D eigenvalue weighted by Gasteiger charge is 2.04. The summed E-state index contributed by atoms with van der Waals surface area (Å²) in [6.45, 7) is 2.17. The lowest BCUT2D eigenvalue weighted by atomic mass is 10.1. The van der Waals surface area contributed by atoms with E-state index in [2.05, 4.69) is 46.5 Å². The van der Waals surface area contributed by atoms with Gasteiger partial charge in [0.2, 0.25) is 0 Å². The summed E-state index contributed by atoms with van der Waals surface area (Å²) < 4.78 is 0. The average Bonchev–Trinajstić information content (AvgIpc) is 2.46. The molecule has 1 aromatic carbocycles. The summed E-state index contributed by atoms with van der Waals surface area (Å²) in [4.78, 5) is 9.16. The highest BCUT2D eigenvalue weighted by molar-refractivity contribution is 5.35. The first-order valence-corrected chi connectivity index (χ1v) is 6.90. The zero-order valence-electron chi connectivity index (χ0n) is 11.7. The fourth-order valence-electron chi connectivity index (χ4n) is 2.08. The predicted octanol–water partition coefficient (Wildman–Crippen LogP) is 3.26. The molecule has 0 spiro atoms. The van der Waals surface area contributed by atoms with Crippen LogP contribution in [-0.4, -0.2) is 17.0 Å².